The number of nitro groups is 1. The number of carbonyl (C=O) groups excluding carboxylic acids is 7. The fourth-order valence-electron chi connectivity index (χ4n) is 15.3. The molecule has 12 aromatic carbocycles. The Morgan fingerprint density at radius 3 is 0.877 bits per heavy atom. The van der Waals surface area contributed by atoms with Gasteiger partial charge in [0, 0.05) is 137 Å². The summed E-state index contributed by atoms with van der Waals surface area (Å²) in [5.41, 5.74) is 17.0. The first-order chi connectivity index (χ1) is 65.6. The summed E-state index contributed by atoms with van der Waals surface area (Å²) in [7, 11) is 6.05. The van der Waals surface area contributed by atoms with Crippen LogP contribution in [0.25, 0.3) is 134 Å². The number of amides is 4. The molecule has 4 aromatic heterocycles. The first kappa shape index (κ1) is 98.6. The van der Waals surface area contributed by atoms with Crippen LogP contribution in [-0.2, 0) is 14.2 Å². The van der Waals surface area contributed by atoms with Gasteiger partial charge in [-0.05, 0) is 268 Å². The van der Waals surface area contributed by atoms with Gasteiger partial charge in [0.15, 0.2) is 0 Å². The van der Waals surface area contributed by atoms with E-state index >= 15 is 0 Å². The van der Waals surface area contributed by atoms with Crippen molar-refractivity contribution in [1.82, 2.24) is 21.3 Å². The zero-order valence-corrected chi connectivity index (χ0v) is 77.9. The van der Waals surface area contributed by atoms with E-state index in [2.05, 4.69) is 31.9 Å². The molecule has 16 aromatic rings. The summed E-state index contributed by atoms with van der Waals surface area (Å²) in [6.07, 6.45) is 0. The van der Waals surface area contributed by atoms with E-state index in [-0.39, 0.29) is 68.6 Å². The summed E-state index contributed by atoms with van der Waals surface area (Å²) in [6, 6.07) is 63.1. The molecule has 4 amide bonds. The number of fused-ring (bicyclic) bond motifs is 4. The fraction of sp³-hybridized carbons (Fsp3) is 0.185. The summed E-state index contributed by atoms with van der Waals surface area (Å²) in [5.74, 6) is -4.40. The molecule has 9 N–H and O–H groups in total. The van der Waals surface area contributed by atoms with Crippen molar-refractivity contribution in [1.29, 1.82) is 0 Å². The van der Waals surface area contributed by atoms with Gasteiger partial charge in [-0.15, -0.1) is 0 Å². The average Bonchev–Trinajstić information content (AvgIpc) is 1.55. The number of nitrogens with two attached hydrogens (primary N) is 1. The average molecular weight is 1870 g/mol. The molecule has 706 valence electrons. The van der Waals surface area contributed by atoms with Gasteiger partial charge in [-0.2, -0.15) is 0 Å². The van der Waals surface area contributed by atoms with Crippen molar-refractivity contribution in [2.45, 2.75) is 93.0 Å². The van der Waals surface area contributed by atoms with Crippen LogP contribution in [0.4, 0.5) is 40.3 Å². The largest absolute Gasteiger partial charge is 0.478 e. The zero-order chi connectivity index (χ0) is 99.7. The number of nitrogens with one attached hydrogen (secondary N) is 6. The topological polar surface area (TPSA) is 378 Å². The number of hydrogen-bond donors (Lipinski definition) is 8. The van der Waals surface area contributed by atoms with Crippen molar-refractivity contribution in [2.24, 2.45) is 0 Å². The lowest BCUT2D eigenvalue weighted by atomic mass is 9.97. The predicted molar refractivity (Wildman–Crippen MR) is 524 cm³/mol. The summed E-state index contributed by atoms with van der Waals surface area (Å²) in [5, 5.41) is 40.6. The van der Waals surface area contributed by atoms with Gasteiger partial charge in [0.05, 0.1) is 61.1 Å². The normalized spacial score (nSPS) is 11.3. The number of halogens is 4. The monoisotopic (exact) mass is 1870 g/mol. The van der Waals surface area contributed by atoms with E-state index < -0.39 is 63.1 Å². The molecular weight excluding hydrogens is 1770 g/mol. The maximum absolute atomic E-state index is 13.5. The van der Waals surface area contributed by atoms with Crippen LogP contribution < -0.4 is 37.6 Å². The standard InChI is InChI=1S/C29H29FN2O4.C27H23FN2O6.C27H25FN2O4.C25H21FN2O4/c1-6-32-23-16-24-22(25(27(33)31-5)26(35-24)17-10-12-20(30)13-11-17)15-21(23)18-8-7-9-19(14-18)28(34)36-29(2,3)4;1-27(2,3)36-26(32)17-7-5-6-16(12-17)19-13-20-22(14-21(19)30(33)34)35-24(23(20)25(31)29-4)15-8-10-18(28)11-9-15;1-27(2,3)34-26(32)17-7-5-6-16(12-17)19-13-20-22(14-21(19)29)33-24(23(20)25(31)30-4)15-8-10-18(28)11-9-15;1-3-28-20-13-21-19(12-18(20)15-5-4-6-16(11-15)25(30)31)22(24(29)27-2)23(32-21)14-7-9-17(26)10-8-14/h7-16,32H,6H2,1-5H3,(H,31,33);5-14H,1-4H3,(H,29,31);5-14H,29H2,1-4H3,(H,30,31);4-13,28H,3H2,1-2H3,(H,27,29)(H,30,31). The molecule has 0 radical (unpaired) electrons. The van der Waals surface area contributed by atoms with Gasteiger partial charge in [-0.3, -0.25) is 29.3 Å². The van der Waals surface area contributed by atoms with Gasteiger partial charge in [-0.25, -0.2) is 36.7 Å². The molecule has 0 aliphatic carbocycles. The van der Waals surface area contributed by atoms with Gasteiger partial charge in [-0.1, -0.05) is 48.5 Å². The summed E-state index contributed by atoms with van der Waals surface area (Å²) in [6.45, 7) is 21.3. The third-order valence-corrected chi connectivity index (χ3v) is 21.3. The highest BCUT2D eigenvalue weighted by atomic mass is 19.1. The Labute approximate surface area is 790 Å². The molecule has 0 saturated carbocycles. The van der Waals surface area contributed by atoms with Crippen LogP contribution in [0.3, 0.4) is 0 Å². The van der Waals surface area contributed by atoms with Crippen molar-refractivity contribution < 1.29 is 97.8 Å². The minimum atomic E-state index is -1.02. The second-order valence-electron chi connectivity index (χ2n) is 34.6. The van der Waals surface area contributed by atoms with E-state index in [1.165, 1.54) is 106 Å². The quantitative estimate of drug-likeness (QED) is 0.00827. The van der Waals surface area contributed by atoms with Crippen LogP contribution in [0.2, 0.25) is 0 Å². The molecule has 138 heavy (non-hydrogen) atoms. The molecule has 0 spiro atoms. The molecule has 0 saturated heterocycles. The SMILES string of the molecule is CCNc1cc2oc(-c3ccc(F)cc3)c(C(=O)NC)c2cc1-c1cccc(C(=O)O)c1.CCNc1cc2oc(-c3ccc(F)cc3)c(C(=O)NC)c2cc1-c1cccc(C(=O)OC(C)(C)C)c1.CNC(=O)c1c(-c2ccc(F)cc2)oc2cc(N)c(-c3cccc(C(=O)OC(C)(C)C)c3)cc12.CNC(=O)c1c(-c2ccc(F)cc2)oc2cc([N+](=O)[O-])c(-c3cccc(C(=O)OC(C)(C)C)c3)cc12. The summed E-state index contributed by atoms with van der Waals surface area (Å²) in [4.78, 5) is 112. The van der Waals surface area contributed by atoms with E-state index in [1.807, 2.05) is 71.0 Å². The smallest absolute Gasteiger partial charge is 0.338 e. The number of nitrogens with zero attached hydrogens (tertiary/aromatic N) is 1. The number of esters is 3. The van der Waals surface area contributed by atoms with Crippen molar-refractivity contribution in [3.8, 4) is 89.8 Å². The number of carboxylic acids is 1. The van der Waals surface area contributed by atoms with E-state index in [9.17, 15) is 71.1 Å². The number of carbonyl (C=O) groups is 8. The number of nitro benzene ring substituents is 1. The van der Waals surface area contributed by atoms with Crippen LogP contribution >= 0.6 is 0 Å². The van der Waals surface area contributed by atoms with Crippen LogP contribution in [-0.4, -0.2) is 116 Å². The maximum Gasteiger partial charge on any atom is 0.338 e. The van der Waals surface area contributed by atoms with Gasteiger partial charge < -0.3 is 74.6 Å². The molecule has 16 rings (SSSR count). The number of nitrogen functional groups attached to an aromatic ring is 1. The molecule has 30 heteroatoms. The number of carboxylic acid groups (broad SMARTS) is 1. The van der Waals surface area contributed by atoms with E-state index in [4.69, 9.17) is 37.6 Å². The second kappa shape index (κ2) is 41.3. The first-order valence-corrected chi connectivity index (χ1v) is 43.7. The van der Waals surface area contributed by atoms with Crippen molar-refractivity contribution >= 4 is 114 Å². The number of hydrogen-bond acceptors (Lipinski definition) is 20. The first-order valence-electron chi connectivity index (χ1n) is 43.7. The summed E-state index contributed by atoms with van der Waals surface area (Å²) >= 11 is 0. The van der Waals surface area contributed by atoms with E-state index in [0.717, 1.165) is 28.1 Å². The number of anilines is 3. The molecule has 0 aliphatic rings. The van der Waals surface area contributed by atoms with E-state index in [1.54, 1.807) is 170 Å². The predicted octanol–water partition coefficient (Wildman–Crippen LogP) is 24.0. The highest BCUT2D eigenvalue weighted by Crippen LogP contribution is 2.46. The van der Waals surface area contributed by atoms with Gasteiger partial charge in [0.25, 0.3) is 29.3 Å². The van der Waals surface area contributed by atoms with Crippen LogP contribution in [0, 0.1) is 33.4 Å². The zero-order valence-electron chi connectivity index (χ0n) is 77.9. The molecule has 0 atom stereocenters. The number of aromatic carboxylic acids is 1. The van der Waals surface area contributed by atoms with Crippen LogP contribution in [0.15, 0.2) is 260 Å². The van der Waals surface area contributed by atoms with Crippen LogP contribution in [0.5, 0.6) is 0 Å². The summed E-state index contributed by atoms with van der Waals surface area (Å²) < 4.78 is 94.4. The number of rotatable bonds is 21. The lowest BCUT2D eigenvalue weighted by molar-refractivity contribution is -0.384. The third-order valence-electron chi connectivity index (χ3n) is 21.3. The van der Waals surface area contributed by atoms with Gasteiger partial charge in [0.1, 0.15) is 85.4 Å². The van der Waals surface area contributed by atoms with Crippen molar-refractivity contribution in [3.63, 3.8) is 0 Å². The molecule has 0 fully saturated rings. The van der Waals surface area contributed by atoms with Crippen molar-refractivity contribution in [3.05, 3.63) is 321 Å². The number of ether oxygens (including phenoxy) is 3. The molecule has 0 aliphatic heterocycles. The Kier molecular flexibility index (Phi) is 29.5. The number of furan rings is 4. The Hall–Kier alpha value is -16.9. The Morgan fingerprint density at radius 2 is 0.601 bits per heavy atom. The lowest BCUT2D eigenvalue weighted by Crippen LogP contribution is -2.23. The van der Waals surface area contributed by atoms with Crippen molar-refractivity contribution in [2.75, 3.05) is 57.6 Å². The lowest BCUT2D eigenvalue weighted by Gasteiger charge is -2.20. The Morgan fingerprint density at radius 1 is 0.348 bits per heavy atom. The van der Waals surface area contributed by atoms with Crippen LogP contribution in [0.1, 0.15) is 159 Å². The second-order valence-corrected chi connectivity index (χ2v) is 34.6. The molecule has 4 heterocycles. The Balaban J connectivity index is 0.000000155. The van der Waals surface area contributed by atoms with Gasteiger partial charge >= 0.3 is 23.9 Å². The molecule has 0 bridgehead atoms. The third kappa shape index (κ3) is 22.4. The number of benzene rings is 12. The minimum Gasteiger partial charge on any atom is -0.478 e. The molecule has 0 unspecified atom stereocenters. The van der Waals surface area contributed by atoms with E-state index in [0.29, 0.717) is 147 Å². The fourth-order valence-corrected chi connectivity index (χ4v) is 15.3. The molecular formula is C108H98F4N8O18. The maximum atomic E-state index is 13.5. The molecule has 26 nitrogen and oxygen atoms in total. The highest BCUT2D eigenvalue weighted by Gasteiger charge is 2.32. The minimum absolute atomic E-state index is 0.117. The Bertz CT molecular complexity index is 7400. The van der Waals surface area contributed by atoms with Gasteiger partial charge in [0.2, 0.25) is 0 Å². The highest BCUT2D eigenvalue weighted by molar-refractivity contribution is 6.17.